The average Bonchev–Trinajstić information content (AvgIpc) is 2.45. The monoisotopic (exact) mass is 262 g/mol. The Bertz CT molecular complexity index is 475. The van der Waals surface area contributed by atoms with E-state index in [4.69, 9.17) is 15.2 Å². The molecule has 2 aliphatic heterocycles. The molecule has 2 N–H and O–H groups in total. The van der Waals surface area contributed by atoms with Crippen molar-refractivity contribution < 1.29 is 9.47 Å². The minimum absolute atomic E-state index is 0.331. The van der Waals surface area contributed by atoms with Gasteiger partial charge in [0.15, 0.2) is 11.5 Å². The van der Waals surface area contributed by atoms with Crippen molar-refractivity contribution in [2.75, 3.05) is 27.3 Å². The predicted octanol–water partition coefficient (Wildman–Crippen LogP) is 1.72. The maximum absolute atomic E-state index is 6.08. The van der Waals surface area contributed by atoms with Crippen molar-refractivity contribution >= 4 is 0 Å². The van der Waals surface area contributed by atoms with E-state index in [1.807, 2.05) is 0 Å². The molecule has 1 aromatic carbocycles. The van der Waals surface area contributed by atoms with Crippen LogP contribution in [-0.4, -0.2) is 38.3 Å². The number of hydrogen-bond donors (Lipinski definition) is 1. The molecule has 2 unspecified atom stereocenters. The van der Waals surface area contributed by atoms with Crippen LogP contribution in [0.5, 0.6) is 11.5 Å². The Balaban J connectivity index is 1.98. The maximum atomic E-state index is 6.08. The molecule has 0 saturated carbocycles. The first-order valence-corrected chi connectivity index (χ1v) is 6.97. The Morgan fingerprint density at radius 3 is 2.63 bits per heavy atom. The molecule has 0 spiro atoms. The number of nitrogens with two attached hydrogens (primary N) is 1. The van der Waals surface area contributed by atoms with Gasteiger partial charge in [0, 0.05) is 25.2 Å². The van der Waals surface area contributed by atoms with Crippen molar-refractivity contribution in [2.45, 2.75) is 31.3 Å². The van der Waals surface area contributed by atoms with E-state index < -0.39 is 0 Å². The lowest BCUT2D eigenvalue weighted by Gasteiger charge is -2.42. The molecule has 0 bridgehead atoms. The summed E-state index contributed by atoms with van der Waals surface area (Å²) in [6.45, 7) is 2.11. The van der Waals surface area contributed by atoms with E-state index in [-0.39, 0.29) is 0 Å². The summed E-state index contributed by atoms with van der Waals surface area (Å²) in [5.41, 5.74) is 8.87. The number of benzene rings is 1. The van der Waals surface area contributed by atoms with Gasteiger partial charge in [-0.25, -0.2) is 0 Å². The fourth-order valence-electron chi connectivity index (χ4n) is 3.40. The van der Waals surface area contributed by atoms with Crippen LogP contribution in [0.4, 0.5) is 0 Å². The van der Waals surface area contributed by atoms with Crippen molar-refractivity contribution in [1.29, 1.82) is 0 Å². The molecule has 1 saturated heterocycles. The molecule has 104 valence electrons. The Labute approximate surface area is 114 Å². The van der Waals surface area contributed by atoms with Crippen LogP contribution in [0.25, 0.3) is 0 Å². The highest BCUT2D eigenvalue weighted by Gasteiger charge is 2.32. The van der Waals surface area contributed by atoms with Gasteiger partial charge >= 0.3 is 0 Å². The first-order valence-electron chi connectivity index (χ1n) is 6.97. The van der Waals surface area contributed by atoms with E-state index in [9.17, 15) is 0 Å². The first kappa shape index (κ1) is 12.8. The molecule has 3 rings (SSSR count). The van der Waals surface area contributed by atoms with E-state index >= 15 is 0 Å². The summed E-state index contributed by atoms with van der Waals surface area (Å²) in [7, 11) is 3.39. The van der Waals surface area contributed by atoms with Crippen LogP contribution in [0, 0.1) is 0 Å². The molecule has 0 aliphatic carbocycles. The Morgan fingerprint density at radius 1 is 1.16 bits per heavy atom. The van der Waals surface area contributed by atoms with E-state index in [0.717, 1.165) is 43.9 Å². The molecule has 2 aliphatic rings. The Hall–Kier alpha value is -1.26. The van der Waals surface area contributed by atoms with Crippen molar-refractivity contribution in [3.05, 3.63) is 23.3 Å². The summed E-state index contributed by atoms with van der Waals surface area (Å²) in [4.78, 5) is 2.52. The molecule has 4 heteroatoms. The summed E-state index contributed by atoms with van der Waals surface area (Å²) >= 11 is 0. The van der Waals surface area contributed by atoms with E-state index in [2.05, 4.69) is 17.0 Å². The van der Waals surface area contributed by atoms with Gasteiger partial charge in [0.25, 0.3) is 0 Å². The average molecular weight is 262 g/mol. The fourth-order valence-corrected chi connectivity index (χ4v) is 3.40. The van der Waals surface area contributed by atoms with Crippen molar-refractivity contribution in [3.8, 4) is 11.5 Å². The fraction of sp³-hybridized carbons (Fsp3) is 0.600. The minimum Gasteiger partial charge on any atom is -0.493 e. The van der Waals surface area contributed by atoms with Crippen LogP contribution in [0.3, 0.4) is 0 Å². The quantitative estimate of drug-likeness (QED) is 0.881. The summed E-state index contributed by atoms with van der Waals surface area (Å²) in [6, 6.07) is 5.13. The lowest BCUT2D eigenvalue weighted by Crippen LogP contribution is -2.47. The SMILES string of the molecule is COc1cc2c(cc1OC)C1CCC(N)CN1CC2. The normalized spacial score (nSPS) is 26.5. The van der Waals surface area contributed by atoms with Gasteiger partial charge < -0.3 is 15.2 Å². The van der Waals surface area contributed by atoms with E-state index in [1.165, 1.54) is 11.1 Å². The number of ether oxygens (including phenoxy) is 2. The molecule has 0 amide bonds. The van der Waals surface area contributed by atoms with Gasteiger partial charge in [-0.2, -0.15) is 0 Å². The van der Waals surface area contributed by atoms with Gasteiger partial charge in [0.2, 0.25) is 0 Å². The molecular formula is C15H22N2O2. The Kier molecular flexibility index (Phi) is 3.37. The predicted molar refractivity (Wildman–Crippen MR) is 74.8 cm³/mol. The zero-order valence-corrected chi connectivity index (χ0v) is 11.7. The lowest BCUT2D eigenvalue weighted by atomic mass is 9.85. The van der Waals surface area contributed by atoms with Gasteiger partial charge in [-0.3, -0.25) is 4.90 Å². The highest BCUT2D eigenvalue weighted by molar-refractivity contribution is 5.49. The summed E-state index contributed by atoms with van der Waals surface area (Å²) < 4.78 is 10.8. The van der Waals surface area contributed by atoms with Crippen LogP contribution in [0.1, 0.15) is 30.0 Å². The van der Waals surface area contributed by atoms with Crippen LogP contribution >= 0.6 is 0 Å². The largest absolute Gasteiger partial charge is 0.493 e. The van der Waals surface area contributed by atoms with Crippen LogP contribution < -0.4 is 15.2 Å². The maximum Gasteiger partial charge on any atom is 0.161 e. The van der Waals surface area contributed by atoms with E-state index in [0.29, 0.717) is 12.1 Å². The molecule has 19 heavy (non-hydrogen) atoms. The Morgan fingerprint density at radius 2 is 1.89 bits per heavy atom. The van der Waals surface area contributed by atoms with Crippen molar-refractivity contribution in [3.63, 3.8) is 0 Å². The van der Waals surface area contributed by atoms with Crippen LogP contribution in [-0.2, 0) is 6.42 Å². The number of nitrogens with zero attached hydrogens (tertiary/aromatic N) is 1. The van der Waals surface area contributed by atoms with Gasteiger partial charge in [-0.15, -0.1) is 0 Å². The standard InChI is InChI=1S/C15H22N2O2/c1-18-14-7-10-5-6-17-9-11(16)3-4-13(17)12(10)8-15(14)19-2/h7-8,11,13H,3-6,9,16H2,1-2H3. The third-order valence-electron chi connectivity index (χ3n) is 4.39. The summed E-state index contributed by atoms with van der Waals surface area (Å²) in [5.74, 6) is 1.67. The van der Waals surface area contributed by atoms with Gasteiger partial charge in [-0.1, -0.05) is 0 Å². The third-order valence-corrected chi connectivity index (χ3v) is 4.39. The van der Waals surface area contributed by atoms with Gasteiger partial charge in [-0.05, 0) is 42.5 Å². The second-order valence-corrected chi connectivity index (χ2v) is 5.50. The van der Waals surface area contributed by atoms with Crippen LogP contribution in [0.15, 0.2) is 12.1 Å². The molecule has 1 aromatic rings. The smallest absolute Gasteiger partial charge is 0.161 e. The van der Waals surface area contributed by atoms with E-state index in [1.54, 1.807) is 14.2 Å². The lowest BCUT2D eigenvalue weighted by molar-refractivity contribution is 0.124. The minimum atomic E-state index is 0.331. The highest BCUT2D eigenvalue weighted by Crippen LogP contribution is 2.41. The molecule has 0 radical (unpaired) electrons. The number of piperidine rings is 1. The molecule has 0 aromatic heterocycles. The van der Waals surface area contributed by atoms with Gasteiger partial charge in [0.05, 0.1) is 14.2 Å². The second kappa shape index (κ2) is 5.02. The molecular weight excluding hydrogens is 240 g/mol. The highest BCUT2D eigenvalue weighted by atomic mass is 16.5. The third kappa shape index (κ3) is 2.19. The van der Waals surface area contributed by atoms with Crippen molar-refractivity contribution in [1.82, 2.24) is 4.90 Å². The first-order chi connectivity index (χ1) is 9.22. The molecule has 2 atom stereocenters. The second-order valence-electron chi connectivity index (χ2n) is 5.50. The topological polar surface area (TPSA) is 47.7 Å². The summed E-state index contributed by atoms with van der Waals surface area (Å²) in [6.07, 6.45) is 3.32. The zero-order valence-electron chi connectivity index (χ0n) is 11.7. The van der Waals surface area contributed by atoms with Crippen molar-refractivity contribution in [2.24, 2.45) is 5.73 Å². The van der Waals surface area contributed by atoms with Crippen LogP contribution in [0.2, 0.25) is 0 Å². The number of rotatable bonds is 2. The number of methoxy groups -OCH3 is 2. The summed E-state index contributed by atoms with van der Waals surface area (Å²) in [5, 5.41) is 0. The molecule has 4 nitrogen and oxygen atoms in total. The number of hydrogen-bond acceptors (Lipinski definition) is 4. The number of fused-ring (bicyclic) bond motifs is 3. The molecule has 1 fully saturated rings. The van der Waals surface area contributed by atoms with Gasteiger partial charge in [0.1, 0.15) is 0 Å². The zero-order chi connectivity index (χ0) is 13.4. The molecule has 2 heterocycles.